The summed E-state index contributed by atoms with van der Waals surface area (Å²) in [6.45, 7) is 2.02. The molecule has 0 atom stereocenters. The first-order valence-corrected chi connectivity index (χ1v) is 8.44. The minimum absolute atomic E-state index is 0.0563. The molecule has 3 nitrogen and oxygen atoms in total. The Balaban J connectivity index is 1.75. The molecular formula is C22H20N2O. The number of para-hydroxylation sites is 2. The molecule has 25 heavy (non-hydrogen) atoms. The Hall–Kier alpha value is -3.07. The predicted octanol–water partition coefficient (Wildman–Crippen LogP) is 4.60. The molecule has 1 aliphatic rings. The summed E-state index contributed by atoms with van der Waals surface area (Å²) in [6.07, 6.45) is 0. The minimum atomic E-state index is -0.155. The number of fused-ring (bicyclic) bond motifs is 2. The molecule has 0 bridgehead atoms. The van der Waals surface area contributed by atoms with E-state index in [0.29, 0.717) is 5.56 Å². The van der Waals surface area contributed by atoms with Gasteiger partial charge >= 0.3 is 0 Å². The number of nitrogens with zero attached hydrogens (tertiary/aromatic N) is 1. The number of carbonyl (C=O) groups is 1. The van der Waals surface area contributed by atoms with Crippen LogP contribution in [-0.4, -0.2) is 13.0 Å². The molecule has 0 spiro atoms. The maximum atomic E-state index is 12.8. The van der Waals surface area contributed by atoms with Crippen LogP contribution in [0.2, 0.25) is 0 Å². The van der Waals surface area contributed by atoms with Gasteiger partial charge in [-0.3, -0.25) is 4.79 Å². The lowest BCUT2D eigenvalue weighted by Crippen LogP contribution is -2.34. The highest BCUT2D eigenvalue weighted by Gasteiger charge is 2.29. The fourth-order valence-electron chi connectivity index (χ4n) is 3.45. The van der Waals surface area contributed by atoms with E-state index in [0.717, 1.165) is 28.1 Å². The van der Waals surface area contributed by atoms with E-state index in [9.17, 15) is 4.79 Å². The minimum Gasteiger partial charge on any atom is -0.344 e. The van der Waals surface area contributed by atoms with Crippen LogP contribution in [0.1, 0.15) is 33.1 Å². The second kappa shape index (κ2) is 6.10. The fourth-order valence-corrected chi connectivity index (χ4v) is 3.45. The van der Waals surface area contributed by atoms with Crippen LogP contribution in [0.25, 0.3) is 0 Å². The molecular weight excluding hydrogens is 308 g/mol. The normalized spacial score (nSPS) is 13.1. The number of anilines is 2. The summed E-state index contributed by atoms with van der Waals surface area (Å²) in [4.78, 5) is 15.0. The fraction of sp³-hybridized carbons (Fsp3) is 0.136. The molecule has 0 saturated heterocycles. The summed E-state index contributed by atoms with van der Waals surface area (Å²) in [7, 11) is 2.07. The summed E-state index contributed by atoms with van der Waals surface area (Å²) in [5.41, 5.74) is 6.30. The van der Waals surface area contributed by atoms with E-state index in [4.69, 9.17) is 0 Å². The Bertz CT molecular complexity index is 883. The molecule has 1 heterocycles. The third-order valence-corrected chi connectivity index (χ3v) is 4.81. The molecule has 1 amide bonds. The first kappa shape index (κ1) is 15.5. The Morgan fingerprint density at radius 1 is 0.840 bits per heavy atom. The van der Waals surface area contributed by atoms with Crippen LogP contribution >= 0.6 is 0 Å². The van der Waals surface area contributed by atoms with Gasteiger partial charge in [0.2, 0.25) is 0 Å². The van der Waals surface area contributed by atoms with Gasteiger partial charge in [0, 0.05) is 35.1 Å². The summed E-state index contributed by atoms with van der Waals surface area (Å²) in [5.74, 6) is -0.0563. The number of carbonyl (C=O) groups excluding carboxylic acids is 1. The molecule has 0 aromatic heterocycles. The van der Waals surface area contributed by atoms with Gasteiger partial charge in [0.15, 0.2) is 0 Å². The van der Waals surface area contributed by atoms with Crippen molar-refractivity contribution in [1.82, 2.24) is 5.32 Å². The Morgan fingerprint density at radius 2 is 1.36 bits per heavy atom. The molecule has 124 valence electrons. The van der Waals surface area contributed by atoms with Crippen molar-refractivity contribution < 1.29 is 4.79 Å². The van der Waals surface area contributed by atoms with Crippen LogP contribution in [-0.2, 0) is 0 Å². The van der Waals surface area contributed by atoms with Crippen LogP contribution in [0, 0.1) is 6.92 Å². The average molecular weight is 328 g/mol. The van der Waals surface area contributed by atoms with Crippen LogP contribution < -0.4 is 10.2 Å². The number of rotatable bonds is 2. The van der Waals surface area contributed by atoms with Crippen molar-refractivity contribution in [2.45, 2.75) is 13.0 Å². The van der Waals surface area contributed by atoms with Gasteiger partial charge in [-0.25, -0.2) is 0 Å². The molecule has 1 N–H and O–H groups in total. The lowest BCUT2D eigenvalue weighted by molar-refractivity contribution is 0.0943. The van der Waals surface area contributed by atoms with Gasteiger partial charge in [-0.1, -0.05) is 54.1 Å². The number of nitrogens with one attached hydrogen (secondary N) is 1. The van der Waals surface area contributed by atoms with E-state index >= 15 is 0 Å². The van der Waals surface area contributed by atoms with E-state index in [2.05, 4.69) is 41.5 Å². The lowest BCUT2D eigenvalue weighted by Gasteiger charge is -2.35. The monoisotopic (exact) mass is 328 g/mol. The molecule has 3 heteroatoms. The van der Waals surface area contributed by atoms with Gasteiger partial charge in [0.25, 0.3) is 5.91 Å². The number of amides is 1. The van der Waals surface area contributed by atoms with Crippen LogP contribution in [0.15, 0.2) is 72.8 Å². The van der Waals surface area contributed by atoms with Gasteiger partial charge < -0.3 is 10.2 Å². The molecule has 0 unspecified atom stereocenters. The van der Waals surface area contributed by atoms with E-state index in [-0.39, 0.29) is 11.9 Å². The van der Waals surface area contributed by atoms with Gasteiger partial charge in [0.05, 0.1) is 6.04 Å². The van der Waals surface area contributed by atoms with Crippen LogP contribution in [0.3, 0.4) is 0 Å². The largest absolute Gasteiger partial charge is 0.344 e. The number of benzene rings is 3. The smallest absolute Gasteiger partial charge is 0.252 e. The third kappa shape index (κ3) is 2.68. The van der Waals surface area contributed by atoms with Crippen molar-refractivity contribution in [3.8, 4) is 0 Å². The van der Waals surface area contributed by atoms with Gasteiger partial charge in [-0.2, -0.15) is 0 Å². The Kier molecular flexibility index (Phi) is 3.77. The first-order chi connectivity index (χ1) is 12.1. The summed E-state index contributed by atoms with van der Waals surface area (Å²) < 4.78 is 0. The zero-order valence-corrected chi connectivity index (χ0v) is 14.4. The first-order valence-electron chi connectivity index (χ1n) is 8.44. The standard InChI is InChI=1S/C22H20N2O/c1-15-11-13-16(14-12-15)22(25)23-21-17-7-3-5-9-19(17)24(2)20-10-6-4-8-18(20)21/h3-14,21H,1-2H3,(H,23,25). The predicted molar refractivity (Wildman–Crippen MR) is 101 cm³/mol. The van der Waals surface area contributed by atoms with Crippen molar-refractivity contribution in [3.63, 3.8) is 0 Å². The van der Waals surface area contributed by atoms with Gasteiger partial charge in [-0.05, 0) is 31.2 Å². The maximum Gasteiger partial charge on any atom is 0.252 e. The topological polar surface area (TPSA) is 32.3 Å². The van der Waals surface area contributed by atoms with E-state index in [1.54, 1.807) is 0 Å². The molecule has 3 aromatic rings. The second-order valence-corrected chi connectivity index (χ2v) is 6.45. The molecule has 0 radical (unpaired) electrons. The molecule has 4 rings (SSSR count). The van der Waals surface area contributed by atoms with Gasteiger partial charge in [-0.15, -0.1) is 0 Å². The van der Waals surface area contributed by atoms with E-state index < -0.39 is 0 Å². The quantitative estimate of drug-likeness (QED) is 0.746. The highest BCUT2D eigenvalue weighted by atomic mass is 16.1. The van der Waals surface area contributed by atoms with Gasteiger partial charge in [0.1, 0.15) is 0 Å². The zero-order valence-electron chi connectivity index (χ0n) is 14.4. The van der Waals surface area contributed by atoms with E-state index in [1.165, 1.54) is 0 Å². The number of hydrogen-bond donors (Lipinski definition) is 1. The Labute approximate surface area is 147 Å². The SMILES string of the molecule is Cc1ccc(C(=O)NC2c3ccccc3N(C)c3ccccc32)cc1. The Morgan fingerprint density at radius 3 is 1.92 bits per heavy atom. The van der Waals surface area contributed by atoms with Crippen molar-refractivity contribution in [2.75, 3.05) is 11.9 Å². The molecule has 0 aliphatic carbocycles. The third-order valence-electron chi connectivity index (χ3n) is 4.81. The van der Waals surface area contributed by atoms with Crippen LogP contribution in [0.5, 0.6) is 0 Å². The summed E-state index contributed by atoms with van der Waals surface area (Å²) >= 11 is 0. The number of hydrogen-bond acceptors (Lipinski definition) is 2. The molecule has 0 saturated carbocycles. The second-order valence-electron chi connectivity index (χ2n) is 6.45. The van der Waals surface area contributed by atoms with E-state index in [1.807, 2.05) is 55.5 Å². The lowest BCUT2D eigenvalue weighted by atomic mass is 9.90. The molecule has 0 fully saturated rings. The highest BCUT2D eigenvalue weighted by Crippen LogP contribution is 2.43. The highest BCUT2D eigenvalue weighted by molar-refractivity contribution is 5.95. The number of aryl methyl sites for hydroxylation is 1. The summed E-state index contributed by atoms with van der Waals surface area (Å²) in [5, 5.41) is 3.22. The average Bonchev–Trinajstić information content (AvgIpc) is 2.65. The van der Waals surface area contributed by atoms with Crippen molar-refractivity contribution in [1.29, 1.82) is 0 Å². The maximum absolute atomic E-state index is 12.8. The summed E-state index contributed by atoms with van der Waals surface area (Å²) in [6, 6.07) is 24.0. The van der Waals surface area contributed by atoms with Crippen molar-refractivity contribution in [3.05, 3.63) is 95.1 Å². The molecule has 3 aromatic carbocycles. The zero-order chi connectivity index (χ0) is 17.4. The van der Waals surface area contributed by atoms with Crippen molar-refractivity contribution >= 4 is 17.3 Å². The van der Waals surface area contributed by atoms with Crippen LogP contribution in [0.4, 0.5) is 11.4 Å². The molecule has 1 aliphatic heterocycles. The van der Waals surface area contributed by atoms with Crippen molar-refractivity contribution in [2.24, 2.45) is 0 Å².